The van der Waals surface area contributed by atoms with Gasteiger partial charge in [-0.25, -0.2) is 22.8 Å². The van der Waals surface area contributed by atoms with Crippen LogP contribution in [0.5, 0.6) is 0 Å². The average Bonchev–Trinajstić information content (AvgIpc) is 2.90. The van der Waals surface area contributed by atoms with Crippen LogP contribution in [-0.2, 0) is 21.1 Å². The van der Waals surface area contributed by atoms with E-state index < -0.39 is 21.6 Å². The number of hydrogen-bond acceptors (Lipinski definition) is 6. The number of halogens is 1. The van der Waals surface area contributed by atoms with E-state index in [0.29, 0.717) is 11.1 Å². The van der Waals surface area contributed by atoms with Gasteiger partial charge in [0.25, 0.3) is 0 Å². The van der Waals surface area contributed by atoms with Gasteiger partial charge in [-0.3, -0.25) is 14.9 Å². The summed E-state index contributed by atoms with van der Waals surface area (Å²) in [4.78, 5) is 34.2. The fraction of sp³-hybridized carbons (Fsp3) is 0.111. The van der Waals surface area contributed by atoms with Crippen molar-refractivity contribution in [3.05, 3.63) is 108 Å². The van der Waals surface area contributed by atoms with Crippen LogP contribution in [0, 0.1) is 5.82 Å². The Hall–Kier alpha value is -4.24. The Kier molecular flexibility index (Phi) is 7.30. The van der Waals surface area contributed by atoms with Gasteiger partial charge in [0, 0.05) is 17.3 Å². The molecule has 182 valence electrons. The van der Waals surface area contributed by atoms with Crippen molar-refractivity contribution >= 4 is 27.5 Å². The molecule has 0 unspecified atom stereocenters. The highest BCUT2D eigenvalue weighted by Crippen LogP contribution is 2.25. The fourth-order valence-electron chi connectivity index (χ4n) is 3.54. The van der Waals surface area contributed by atoms with Gasteiger partial charge in [0.15, 0.2) is 9.84 Å². The van der Waals surface area contributed by atoms with Crippen molar-refractivity contribution in [1.29, 1.82) is 0 Å². The predicted octanol–water partition coefficient (Wildman–Crippen LogP) is 4.49. The predicted molar refractivity (Wildman–Crippen MR) is 134 cm³/mol. The maximum Gasteiger partial charge on any atom is 0.231 e. The molecule has 1 N–H and O–H groups in total. The van der Waals surface area contributed by atoms with Crippen LogP contribution in [0.4, 0.5) is 10.3 Å². The molecule has 0 saturated heterocycles. The first-order valence-corrected chi connectivity index (χ1v) is 12.8. The number of rotatable bonds is 8. The average molecular weight is 504 g/mol. The number of anilines is 1. The Morgan fingerprint density at radius 2 is 1.61 bits per heavy atom. The molecule has 1 heterocycles. The zero-order chi connectivity index (χ0) is 25.7. The van der Waals surface area contributed by atoms with Crippen LogP contribution in [0.15, 0.2) is 90.0 Å². The molecule has 1 aromatic heterocycles. The van der Waals surface area contributed by atoms with Crippen LogP contribution in [0.25, 0.3) is 11.1 Å². The van der Waals surface area contributed by atoms with Crippen LogP contribution in [0.2, 0.25) is 0 Å². The highest BCUT2D eigenvalue weighted by Gasteiger charge is 2.20. The van der Waals surface area contributed by atoms with Gasteiger partial charge in [0.2, 0.25) is 17.6 Å². The monoisotopic (exact) mass is 503 g/mol. The van der Waals surface area contributed by atoms with Gasteiger partial charge >= 0.3 is 0 Å². The maximum absolute atomic E-state index is 14.5. The van der Waals surface area contributed by atoms with E-state index in [4.69, 9.17) is 0 Å². The largest absolute Gasteiger partial charge is 0.294 e. The maximum atomic E-state index is 14.5. The molecule has 0 saturated carbocycles. The van der Waals surface area contributed by atoms with Crippen molar-refractivity contribution in [3.63, 3.8) is 0 Å². The molecule has 1 amide bonds. The third kappa shape index (κ3) is 5.52. The van der Waals surface area contributed by atoms with Gasteiger partial charge in [-0.1, -0.05) is 73.7 Å². The molecule has 4 rings (SSSR count). The molecular formula is C27H22FN3O4S. The van der Waals surface area contributed by atoms with Gasteiger partial charge in [-0.2, -0.15) is 0 Å². The van der Waals surface area contributed by atoms with Crippen LogP contribution < -0.4 is 5.32 Å². The summed E-state index contributed by atoms with van der Waals surface area (Å²) in [5.41, 5.74) is 1.79. The van der Waals surface area contributed by atoms with Gasteiger partial charge in [-0.15, -0.1) is 0 Å². The molecule has 7 nitrogen and oxygen atoms in total. The normalized spacial score (nSPS) is 11.2. The number of nitrogens with one attached hydrogen (secondary N) is 1. The number of nitrogens with zero attached hydrogens (tertiary/aromatic N) is 2. The minimum atomic E-state index is -3.57. The highest BCUT2D eigenvalue weighted by molar-refractivity contribution is 7.91. The minimum Gasteiger partial charge on any atom is -0.294 e. The lowest BCUT2D eigenvalue weighted by molar-refractivity contribution is -0.115. The standard InChI is InChI=1S/C27H22FN3O4S/c1-2-36(34,35)21-14-13-20(23(28)16-21)15-24(32)30-27-29-17-22(18-9-5-3-6-10-18)25(31-27)26(33)19-11-7-4-8-12-19/h3-14,16-17H,2,15H2,1H3,(H,29,30,31,32). The topological polar surface area (TPSA) is 106 Å². The third-order valence-electron chi connectivity index (χ3n) is 5.49. The Bertz CT molecular complexity index is 1530. The zero-order valence-corrected chi connectivity index (χ0v) is 20.1. The Morgan fingerprint density at radius 1 is 0.944 bits per heavy atom. The second-order valence-corrected chi connectivity index (χ2v) is 10.2. The molecule has 0 bridgehead atoms. The molecule has 0 aliphatic heterocycles. The summed E-state index contributed by atoms with van der Waals surface area (Å²) >= 11 is 0. The quantitative estimate of drug-likeness (QED) is 0.355. The molecule has 0 aliphatic rings. The van der Waals surface area contributed by atoms with Crippen LogP contribution >= 0.6 is 0 Å². The van der Waals surface area contributed by atoms with Gasteiger partial charge < -0.3 is 0 Å². The molecule has 0 spiro atoms. The summed E-state index contributed by atoms with van der Waals surface area (Å²) in [6, 6.07) is 21.2. The second-order valence-electron chi connectivity index (χ2n) is 7.90. The fourth-order valence-corrected chi connectivity index (χ4v) is 4.44. The Morgan fingerprint density at radius 3 is 2.25 bits per heavy atom. The number of amides is 1. The molecule has 3 aromatic carbocycles. The number of aromatic nitrogens is 2. The number of benzene rings is 3. The van der Waals surface area contributed by atoms with Crippen LogP contribution in [0.3, 0.4) is 0 Å². The van der Waals surface area contributed by atoms with Crippen LogP contribution in [0.1, 0.15) is 28.5 Å². The summed E-state index contributed by atoms with van der Waals surface area (Å²) in [6.07, 6.45) is 1.09. The van der Waals surface area contributed by atoms with Crippen molar-refractivity contribution in [2.75, 3.05) is 11.1 Å². The first kappa shape index (κ1) is 24.9. The van der Waals surface area contributed by atoms with E-state index in [0.717, 1.165) is 11.6 Å². The first-order valence-electron chi connectivity index (χ1n) is 11.1. The van der Waals surface area contributed by atoms with Gasteiger partial charge in [-0.05, 0) is 23.3 Å². The van der Waals surface area contributed by atoms with E-state index in [1.54, 1.807) is 30.3 Å². The lowest BCUT2D eigenvalue weighted by Gasteiger charge is -2.11. The van der Waals surface area contributed by atoms with Crippen LogP contribution in [-0.4, -0.2) is 35.8 Å². The van der Waals surface area contributed by atoms with Crippen molar-refractivity contribution < 1.29 is 22.4 Å². The van der Waals surface area contributed by atoms with Gasteiger partial charge in [0.1, 0.15) is 11.5 Å². The molecule has 0 aliphatic carbocycles. The van der Waals surface area contributed by atoms with E-state index in [-0.39, 0.29) is 40.1 Å². The van der Waals surface area contributed by atoms with Crippen molar-refractivity contribution in [1.82, 2.24) is 9.97 Å². The molecule has 0 radical (unpaired) electrons. The number of hydrogen-bond donors (Lipinski definition) is 1. The van der Waals surface area contributed by atoms with Crippen molar-refractivity contribution in [3.8, 4) is 11.1 Å². The molecule has 9 heteroatoms. The molecule has 0 fully saturated rings. The number of carbonyl (C=O) groups is 2. The van der Waals surface area contributed by atoms with E-state index in [2.05, 4.69) is 15.3 Å². The molecule has 0 atom stereocenters. The summed E-state index contributed by atoms with van der Waals surface area (Å²) in [5.74, 6) is -2.03. The summed E-state index contributed by atoms with van der Waals surface area (Å²) in [6.45, 7) is 1.47. The van der Waals surface area contributed by atoms with E-state index >= 15 is 0 Å². The highest BCUT2D eigenvalue weighted by atomic mass is 32.2. The van der Waals surface area contributed by atoms with E-state index in [9.17, 15) is 22.4 Å². The van der Waals surface area contributed by atoms with Crippen molar-refractivity contribution in [2.24, 2.45) is 0 Å². The third-order valence-corrected chi connectivity index (χ3v) is 7.22. The van der Waals surface area contributed by atoms with Gasteiger partial charge in [0.05, 0.1) is 17.1 Å². The lowest BCUT2D eigenvalue weighted by Crippen LogP contribution is -2.19. The molecule has 36 heavy (non-hydrogen) atoms. The Labute approximate surface area is 208 Å². The minimum absolute atomic E-state index is 0.0176. The number of carbonyl (C=O) groups excluding carboxylic acids is 2. The van der Waals surface area contributed by atoms with E-state index in [1.165, 1.54) is 25.3 Å². The number of sulfone groups is 1. The molecular weight excluding hydrogens is 481 g/mol. The molecule has 4 aromatic rings. The Balaban J connectivity index is 1.61. The lowest BCUT2D eigenvalue weighted by atomic mass is 10.00. The number of ketones is 1. The summed E-state index contributed by atoms with van der Waals surface area (Å²) in [5, 5.41) is 2.50. The SMILES string of the molecule is CCS(=O)(=O)c1ccc(CC(=O)Nc2ncc(-c3ccccc3)c(C(=O)c3ccccc3)n2)c(F)c1. The zero-order valence-electron chi connectivity index (χ0n) is 19.3. The smallest absolute Gasteiger partial charge is 0.231 e. The summed E-state index contributed by atoms with van der Waals surface area (Å²) in [7, 11) is -3.57. The van der Waals surface area contributed by atoms with E-state index in [1.807, 2.05) is 30.3 Å². The van der Waals surface area contributed by atoms with Crippen molar-refractivity contribution in [2.45, 2.75) is 18.2 Å². The first-order chi connectivity index (χ1) is 17.3. The summed E-state index contributed by atoms with van der Waals surface area (Å²) < 4.78 is 38.4. The second kappa shape index (κ2) is 10.6.